The summed E-state index contributed by atoms with van der Waals surface area (Å²) in [6.07, 6.45) is 6.28. The number of benzene rings is 3. The molecule has 0 aliphatic rings. The van der Waals surface area contributed by atoms with Gasteiger partial charge < -0.3 is 14.8 Å². The molecule has 0 saturated carbocycles. The van der Waals surface area contributed by atoms with Crippen LogP contribution in [0.1, 0.15) is 42.3 Å². The molecule has 0 unspecified atom stereocenters. The van der Waals surface area contributed by atoms with Crippen LogP contribution < -0.4 is 20.3 Å². The van der Waals surface area contributed by atoms with Gasteiger partial charge in [-0.2, -0.15) is 9.78 Å². The van der Waals surface area contributed by atoms with E-state index in [0.717, 1.165) is 28.4 Å². The van der Waals surface area contributed by atoms with Crippen molar-refractivity contribution in [2.45, 2.75) is 39.5 Å². The van der Waals surface area contributed by atoms with Crippen LogP contribution in [0.2, 0.25) is 0 Å². The van der Waals surface area contributed by atoms with Gasteiger partial charge in [-0.1, -0.05) is 53.0 Å². The maximum atomic E-state index is 13.4. The summed E-state index contributed by atoms with van der Waals surface area (Å²) in [5, 5.41) is 7.87. The van der Waals surface area contributed by atoms with Gasteiger partial charge in [0.2, 0.25) is 0 Å². The van der Waals surface area contributed by atoms with Crippen LogP contribution in [0.5, 0.6) is 11.5 Å². The highest BCUT2D eigenvalue weighted by Crippen LogP contribution is 2.33. The van der Waals surface area contributed by atoms with E-state index < -0.39 is 0 Å². The number of ether oxygens (including phenoxy) is 2. The fourth-order valence-electron chi connectivity index (χ4n) is 4.29. The summed E-state index contributed by atoms with van der Waals surface area (Å²) in [7, 11) is 1.53. The molecule has 212 valence electrons. The predicted molar refractivity (Wildman–Crippen MR) is 168 cm³/mol. The summed E-state index contributed by atoms with van der Waals surface area (Å²) in [6.45, 7) is 7.73. The zero-order valence-corrected chi connectivity index (χ0v) is 25.0. The Kier molecular flexibility index (Phi) is 10.1. The number of nitrogens with one attached hydrogen (secondary N) is 1. The topological polar surface area (TPSA) is 94.8 Å². The van der Waals surface area contributed by atoms with E-state index in [1.807, 2.05) is 49.4 Å². The summed E-state index contributed by atoms with van der Waals surface area (Å²) < 4.78 is 13.7. The highest BCUT2D eigenvalue weighted by atomic mass is 79.9. The van der Waals surface area contributed by atoms with E-state index in [9.17, 15) is 9.59 Å². The number of unbranched alkanes of at least 4 members (excludes halogenated alkanes) is 1. The normalized spacial score (nSPS) is 11.1. The molecule has 1 amide bonds. The minimum absolute atomic E-state index is 0.198. The average Bonchev–Trinajstić information content (AvgIpc) is 2.96. The Morgan fingerprint density at radius 2 is 1.95 bits per heavy atom. The largest absolute Gasteiger partial charge is 0.493 e. The number of carbonyl (C=O) groups is 1. The van der Waals surface area contributed by atoms with E-state index in [2.05, 4.69) is 39.9 Å². The Balaban J connectivity index is 1.64. The van der Waals surface area contributed by atoms with Crippen molar-refractivity contribution in [2.24, 2.45) is 5.10 Å². The van der Waals surface area contributed by atoms with Crippen molar-refractivity contribution in [1.82, 2.24) is 9.66 Å². The van der Waals surface area contributed by atoms with Crippen LogP contribution in [0, 0.1) is 6.92 Å². The van der Waals surface area contributed by atoms with Gasteiger partial charge in [-0.05, 0) is 67.8 Å². The Morgan fingerprint density at radius 3 is 2.66 bits per heavy atom. The van der Waals surface area contributed by atoms with Gasteiger partial charge in [0.05, 0.1) is 24.2 Å². The van der Waals surface area contributed by atoms with Crippen molar-refractivity contribution in [1.29, 1.82) is 0 Å². The smallest absolute Gasteiger partial charge is 0.282 e. The number of carbonyl (C=O) groups excluding carboxylic acids is 1. The van der Waals surface area contributed by atoms with Crippen LogP contribution in [0.3, 0.4) is 0 Å². The maximum absolute atomic E-state index is 13.4. The summed E-state index contributed by atoms with van der Waals surface area (Å²) in [5.74, 6) is 1.19. The molecule has 8 nitrogen and oxygen atoms in total. The molecule has 1 heterocycles. The first-order valence-electron chi connectivity index (χ1n) is 13.4. The number of amides is 1. The first-order valence-corrected chi connectivity index (χ1v) is 14.2. The van der Waals surface area contributed by atoms with E-state index >= 15 is 0 Å². The molecule has 0 spiro atoms. The molecule has 4 aromatic rings. The summed E-state index contributed by atoms with van der Waals surface area (Å²) >= 11 is 3.44. The average molecular weight is 618 g/mol. The first kappa shape index (κ1) is 29.7. The van der Waals surface area contributed by atoms with Gasteiger partial charge in [0.25, 0.3) is 11.5 Å². The molecule has 0 saturated heterocycles. The molecule has 0 radical (unpaired) electrons. The number of nitrogens with zero attached hydrogens (tertiary/aromatic N) is 3. The van der Waals surface area contributed by atoms with Crippen LogP contribution in [0.25, 0.3) is 10.9 Å². The Hall–Kier alpha value is -4.24. The minimum atomic E-state index is -0.291. The maximum Gasteiger partial charge on any atom is 0.282 e. The van der Waals surface area contributed by atoms with Crippen LogP contribution in [0.15, 0.2) is 81.6 Å². The molecular weight excluding hydrogens is 584 g/mol. The van der Waals surface area contributed by atoms with Crippen molar-refractivity contribution in [2.75, 3.05) is 19.0 Å². The van der Waals surface area contributed by atoms with E-state index in [1.165, 1.54) is 11.8 Å². The lowest BCUT2D eigenvalue weighted by Crippen LogP contribution is -2.22. The van der Waals surface area contributed by atoms with Gasteiger partial charge in [0.15, 0.2) is 18.1 Å². The lowest BCUT2D eigenvalue weighted by atomic mass is 10.1. The summed E-state index contributed by atoms with van der Waals surface area (Å²) in [6, 6.07) is 16.6. The standard InChI is InChI=1S/C32H33BrN4O4/c1-5-7-9-29-36-27-15-12-24(33)18-26(27)32(39)37(29)34-19-22-16-23(8-6-2)31(28(17-22)40-4)41-20-30(38)35-25-13-10-21(3)11-14-25/h6,10-19H,2,5,7-9,20H2,1,3-4H3,(H,35,38). The molecule has 4 rings (SSSR count). The van der Waals surface area contributed by atoms with Gasteiger partial charge >= 0.3 is 0 Å². The molecule has 1 N–H and O–H groups in total. The SMILES string of the molecule is C=CCc1cc(C=Nn2c(CCCC)nc3ccc(Br)cc3c2=O)cc(OC)c1OCC(=O)Nc1ccc(C)cc1. The Bertz CT molecular complexity index is 1640. The minimum Gasteiger partial charge on any atom is -0.493 e. The lowest BCUT2D eigenvalue weighted by molar-refractivity contribution is -0.118. The first-order chi connectivity index (χ1) is 19.8. The lowest BCUT2D eigenvalue weighted by Gasteiger charge is -2.16. The predicted octanol–water partition coefficient (Wildman–Crippen LogP) is 6.45. The van der Waals surface area contributed by atoms with E-state index in [0.29, 0.717) is 52.3 Å². The number of allylic oxidation sites excluding steroid dienone is 1. The van der Waals surface area contributed by atoms with E-state index in [4.69, 9.17) is 14.5 Å². The number of rotatable bonds is 12. The number of hydrogen-bond acceptors (Lipinski definition) is 6. The van der Waals surface area contributed by atoms with Crippen molar-refractivity contribution in [3.05, 3.63) is 105 Å². The van der Waals surface area contributed by atoms with Crippen LogP contribution in [-0.2, 0) is 17.6 Å². The fraction of sp³-hybridized carbons (Fsp3) is 0.250. The quantitative estimate of drug-likeness (QED) is 0.146. The van der Waals surface area contributed by atoms with Gasteiger partial charge in [-0.3, -0.25) is 9.59 Å². The highest BCUT2D eigenvalue weighted by Gasteiger charge is 2.15. The second-order valence-electron chi connectivity index (χ2n) is 9.56. The third-order valence-corrected chi connectivity index (χ3v) is 6.87. The number of fused-ring (bicyclic) bond motifs is 1. The highest BCUT2D eigenvalue weighted by molar-refractivity contribution is 9.10. The number of halogens is 1. The molecule has 1 aromatic heterocycles. The zero-order chi connectivity index (χ0) is 29.4. The van der Waals surface area contributed by atoms with Crippen molar-refractivity contribution >= 4 is 44.6 Å². The molecule has 3 aromatic carbocycles. The van der Waals surface area contributed by atoms with Gasteiger partial charge in [0, 0.05) is 22.1 Å². The summed E-state index contributed by atoms with van der Waals surface area (Å²) in [5.41, 5.74) is 3.66. The second-order valence-corrected chi connectivity index (χ2v) is 10.5. The van der Waals surface area contributed by atoms with Gasteiger partial charge in [-0.25, -0.2) is 4.98 Å². The van der Waals surface area contributed by atoms with Crippen LogP contribution >= 0.6 is 15.9 Å². The molecule has 0 bridgehead atoms. The molecule has 0 atom stereocenters. The van der Waals surface area contributed by atoms with Crippen LogP contribution in [0.4, 0.5) is 5.69 Å². The fourth-order valence-corrected chi connectivity index (χ4v) is 4.65. The number of hydrogen-bond donors (Lipinski definition) is 1. The van der Waals surface area contributed by atoms with Gasteiger partial charge in [0.1, 0.15) is 5.82 Å². The Labute approximate surface area is 247 Å². The third kappa shape index (κ3) is 7.49. The molecule has 41 heavy (non-hydrogen) atoms. The zero-order valence-electron chi connectivity index (χ0n) is 23.4. The third-order valence-electron chi connectivity index (χ3n) is 6.37. The van der Waals surface area contributed by atoms with E-state index in [-0.39, 0.29) is 18.1 Å². The molecular formula is C32H33BrN4O4. The number of aryl methyl sites for hydroxylation is 2. The summed E-state index contributed by atoms with van der Waals surface area (Å²) in [4.78, 5) is 30.7. The van der Waals surface area contributed by atoms with Crippen molar-refractivity contribution in [3.8, 4) is 11.5 Å². The van der Waals surface area contributed by atoms with Gasteiger partial charge in [-0.15, -0.1) is 6.58 Å². The number of anilines is 1. The monoisotopic (exact) mass is 616 g/mol. The molecule has 0 aliphatic carbocycles. The van der Waals surface area contributed by atoms with Crippen LogP contribution in [-0.4, -0.2) is 35.5 Å². The number of aromatic nitrogens is 2. The number of methoxy groups -OCH3 is 1. The Morgan fingerprint density at radius 1 is 1.17 bits per heavy atom. The molecule has 9 heteroatoms. The molecule has 0 aliphatic heterocycles. The van der Waals surface area contributed by atoms with E-state index in [1.54, 1.807) is 24.4 Å². The van der Waals surface area contributed by atoms with Crippen molar-refractivity contribution < 1.29 is 14.3 Å². The molecule has 0 fully saturated rings. The van der Waals surface area contributed by atoms with Crippen molar-refractivity contribution in [3.63, 3.8) is 0 Å². The second kappa shape index (κ2) is 13.9.